The summed E-state index contributed by atoms with van der Waals surface area (Å²) >= 11 is 5.64. The monoisotopic (exact) mass is 272 g/mol. The lowest BCUT2D eigenvalue weighted by Crippen LogP contribution is -2.34. The number of amides is 1. The van der Waals surface area contributed by atoms with Gasteiger partial charge in [0.05, 0.1) is 23.6 Å². The van der Waals surface area contributed by atoms with Crippen LogP contribution in [0.2, 0.25) is 5.15 Å². The molecule has 0 radical (unpaired) electrons. The normalized spacial score (nSPS) is 10.2. The zero-order valence-corrected chi connectivity index (χ0v) is 10.7. The molecule has 1 aromatic rings. The lowest BCUT2D eigenvalue weighted by Gasteiger charge is -2.09. The maximum absolute atomic E-state index is 11.4. The van der Waals surface area contributed by atoms with Gasteiger partial charge in [-0.1, -0.05) is 11.6 Å². The molecule has 0 aromatic carbocycles. The maximum Gasteiger partial charge on any atom is 0.276 e. The zero-order chi connectivity index (χ0) is 13.7. The van der Waals surface area contributed by atoms with E-state index in [-0.39, 0.29) is 35.2 Å². The third-order valence-electron chi connectivity index (χ3n) is 1.87. The molecule has 1 amide bonds. The van der Waals surface area contributed by atoms with Gasteiger partial charge in [-0.3, -0.25) is 14.9 Å². The average Bonchev–Trinajstić information content (AvgIpc) is 2.24. The van der Waals surface area contributed by atoms with Gasteiger partial charge in [-0.25, -0.2) is 4.98 Å². The molecule has 1 aromatic heterocycles. The van der Waals surface area contributed by atoms with E-state index in [2.05, 4.69) is 15.6 Å². The molecule has 0 unspecified atom stereocenters. The van der Waals surface area contributed by atoms with E-state index in [9.17, 15) is 14.9 Å². The average molecular weight is 273 g/mol. The summed E-state index contributed by atoms with van der Waals surface area (Å²) in [6, 6.07) is 2.39. The van der Waals surface area contributed by atoms with Crippen molar-refractivity contribution in [2.75, 3.05) is 11.9 Å². The molecule has 0 aliphatic heterocycles. The second kappa shape index (κ2) is 6.15. The molecule has 98 valence electrons. The number of carbonyl (C=O) groups excluding carboxylic acids is 1. The Morgan fingerprint density at radius 1 is 1.56 bits per heavy atom. The summed E-state index contributed by atoms with van der Waals surface area (Å²) in [5, 5.41) is 15.9. The number of pyridine rings is 1. The summed E-state index contributed by atoms with van der Waals surface area (Å²) in [6.45, 7) is 3.64. The summed E-state index contributed by atoms with van der Waals surface area (Å²) < 4.78 is 0. The van der Waals surface area contributed by atoms with Gasteiger partial charge in [-0.2, -0.15) is 0 Å². The largest absolute Gasteiger partial charge is 0.361 e. The number of hydrogen-bond donors (Lipinski definition) is 2. The Bertz CT molecular complexity index is 464. The van der Waals surface area contributed by atoms with E-state index in [1.54, 1.807) is 0 Å². The van der Waals surface area contributed by atoms with Gasteiger partial charge < -0.3 is 10.6 Å². The highest BCUT2D eigenvalue weighted by atomic mass is 35.5. The van der Waals surface area contributed by atoms with Crippen molar-refractivity contribution in [1.29, 1.82) is 0 Å². The number of rotatable bonds is 5. The predicted molar refractivity (Wildman–Crippen MR) is 67.7 cm³/mol. The fraction of sp³-hybridized carbons (Fsp3) is 0.400. The second-order valence-corrected chi connectivity index (χ2v) is 4.25. The number of anilines is 1. The number of aromatic nitrogens is 1. The van der Waals surface area contributed by atoms with Crippen molar-refractivity contribution in [1.82, 2.24) is 10.3 Å². The maximum atomic E-state index is 11.4. The summed E-state index contributed by atoms with van der Waals surface area (Å²) in [6.07, 6.45) is 0. The van der Waals surface area contributed by atoms with Crippen LogP contribution in [0.15, 0.2) is 12.1 Å². The van der Waals surface area contributed by atoms with Gasteiger partial charge in [-0.05, 0) is 13.8 Å². The number of nitrogens with one attached hydrogen (secondary N) is 2. The van der Waals surface area contributed by atoms with Gasteiger partial charge in [0.25, 0.3) is 5.69 Å². The van der Waals surface area contributed by atoms with Gasteiger partial charge >= 0.3 is 0 Å². The van der Waals surface area contributed by atoms with Gasteiger partial charge in [0, 0.05) is 6.04 Å². The molecule has 8 heteroatoms. The van der Waals surface area contributed by atoms with Crippen LogP contribution < -0.4 is 10.6 Å². The first-order chi connectivity index (χ1) is 8.38. The molecule has 2 N–H and O–H groups in total. The quantitative estimate of drug-likeness (QED) is 0.482. The molecular weight excluding hydrogens is 260 g/mol. The van der Waals surface area contributed by atoms with Crippen LogP contribution in [-0.2, 0) is 4.79 Å². The minimum Gasteiger partial charge on any atom is -0.361 e. The SMILES string of the molecule is CC(C)NC(=O)CNc1cc([N+](=O)[O-])cc(Cl)n1. The molecule has 0 saturated heterocycles. The molecule has 0 saturated carbocycles. The predicted octanol–water partition coefficient (Wildman–Crippen LogP) is 1.58. The Balaban J connectivity index is 2.67. The standard InChI is InChI=1S/C10H13ClN4O3/c1-6(2)13-10(16)5-12-9-4-7(15(17)18)3-8(11)14-9/h3-4,6H,5H2,1-2H3,(H,12,14)(H,13,16). The number of nitrogens with zero attached hydrogens (tertiary/aromatic N) is 2. The van der Waals surface area contributed by atoms with E-state index in [4.69, 9.17) is 11.6 Å². The molecule has 0 aliphatic rings. The Kier molecular flexibility index (Phi) is 4.85. The van der Waals surface area contributed by atoms with Crippen LogP contribution >= 0.6 is 11.6 Å². The highest BCUT2D eigenvalue weighted by Gasteiger charge is 2.11. The van der Waals surface area contributed by atoms with Crippen LogP contribution in [0.3, 0.4) is 0 Å². The third-order valence-corrected chi connectivity index (χ3v) is 2.06. The van der Waals surface area contributed by atoms with Crippen molar-refractivity contribution in [2.24, 2.45) is 0 Å². The molecule has 1 heterocycles. The second-order valence-electron chi connectivity index (χ2n) is 3.87. The van der Waals surface area contributed by atoms with Crippen molar-refractivity contribution in [3.8, 4) is 0 Å². The van der Waals surface area contributed by atoms with E-state index >= 15 is 0 Å². The van der Waals surface area contributed by atoms with Crippen LogP contribution in [-0.4, -0.2) is 28.4 Å². The fourth-order valence-corrected chi connectivity index (χ4v) is 1.43. The smallest absolute Gasteiger partial charge is 0.276 e. The van der Waals surface area contributed by atoms with Crippen LogP contribution in [0, 0.1) is 10.1 Å². The van der Waals surface area contributed by atoms with Crippen molar-refractivity contribution >= 4 is 29.0 Å². The molecule has 0 bridgehead atoms. The topological polar surface area (TPSA) is 97.2 Å². The molecule has 0 spiro atoms. The van der Waals surface area contributed by atoms with Gasteiger partial charge in [0.1, 0.15) is 11.0 Å². The Hall–Kier alpha value is -1.89. The summed E-state index contributed by atoms with van der Waals surface area (Å²) in [4.78, 5) is 25.2. The number of carbonyl (C=O) groups is 1. The van der Waals surface area contributed by atoms with Gasteiger partial charge in [-0.15, -0.1) is 0 Å². The van der Waals surface area contributed by atoms with Crippen molar-refractivity contribution < 1.29 is 9.72 Å². The van der Waals surface area contributed by atoms with Gasteiger partial charge in [0.2, 0.25) is 5.91 Å². The summed E-state index contributed by atoms with van der Waals surface area (Å²) in [7, 11) is 0. The van der Waals surface area contributed by atoms with E-state index in [0.717, 1.165) is 6.07 Å². The van der Waals surface area contributed by atoms with E-state index in [0.29, 0.717) is 0 Å². The number of hydrogen-bond acceptors (Lipinski definition) is 5. The first-order valence-corrected chi connectivity index (χ1v) is 5.61. The van der Waals surface area contributed by atoms with Crippen molar-refractivity contribution in [3.05, 3.63) is 27.4 Å². The minimum atomic E-state index is -0.576. The lowest BCUT2D eigenvalue weighted by molar-refractivity contribution is -0.384. The molecule has 1 rings (SSSR count). The van der Waals surface area contributed by atoms with Crippen LogP contribution in [0.1, 0.15) is 13.8 Å². The lowest BCUT2D eigenvalue weighted by atomic mass is 10.3. The zero-order valence-electron chi connectivity index (χ0n) is 9.94. The molecule has 18 heavy (non-hydrogen) atoms. The minimum absolute atomic E-state index is 0.00373. The Labute approximate surface area is 109 Å². The molecule has 7 nitrogen and oxygen atoms in total. The Morgan fingerprint density at radius 3 is 2.78 bits per heavy atom. The van der Waals surface area contributed by atoms with Crippen LogP contribution in [0.5, 0.6) is 0 Å². The van der Waals surface area contributed by atoms with E-state index in [1.807, 2.05) is 13.8 Å². The van der Waals surface area contributed by atoms with Crippen LogP contribution in [0.4, 0.5) is 11.5 Å². The summed E-state index contributed by atoms with van der Waals surface area (Å²) in [5.41, 5.74) is -0.179. The molecule has 0 fully saturated rings. The number of nitro groups is 1. The van der Waals surface area contributed by atoms with Gasteiger partial charge in [0.15, 0.2) is 0 Å². The van der Waals surface area contributed by atoms with Crippen LogP contribution in [0.25, 0.3) is 0 Å². The number of halogens is 1. The summed E-state index contributed by atoms with van der Waals surface area (Å²) in [5.74, 6) is -0.0393. The van der Waals surface area contributed by atoms with Crippen molar-refractivity contribution in [3.63, 3.8) is 0 Å². The Morgan fingerprint density at radius 2 is 2.22 bits per heavy atom. The van der Waals surface area contributed by atoms with E-state index in [1.165, 1.54) is 6.07 Å². The fourth-order valence-electron chi connectivity index (χ4n) is 1.22. The first kappa shape index (κ1) is 14.2. The van der Waals surface area contributed by atoms with Crippen molar-refractivity contribution in [2.45, 2.75) is 19.9 Å². The molecule has 0 atom stereocenters. The molecule has 0 aliphatic carbocycles. The third kappa shape index (κ3) is 4.54. The van der Waals surface area contributed by atoms with E-state index < -0.39 is 4.92 Å². The first-order valence-electron chi connectivity index (χ1n) is 5.23. The highest BCUT2D eigenvalue weighted by Crippen LogP contribution is 2.20. The highest BCUT2D eigenvalue weighted by molar-refractivity contribution is 6.29. The molecular formula is C10H13ClN4O3.